The first-order chi connectivity index (χ1) is 15.2. The Bertz CT molecular complexity index is 824. The molecule has 0 saturated carbocycles. The molecule has 0 amide bonds. The van der Waals surface area contributed by atoms with Gasteiger partial charge >= 0.3 is 0 Å². The fourth-order valence-electron chi connectivity index (χ4n) is 3.22. The van der Waals surface area contributed by atoms with Crippen molar-refractivity contribution in [1.82, 2.24) is 20.5 Å². The van der Waals surface area contributed by atoms with E-state index in [2.05, 4.69) is 52.7 Å². The molecule has 0 unspecified atom stereocenters. The Morgan fingerprint density at radius 3 is 2.75 bits per heavy atom. The third-order valence-electron chi connectivity index (χ3n) is 5.06. The lowest BCUT2D eigenvalue weighted by molar-refractivity contribution is 0.0322. The van der Waals surface area contributed by atoms with E-state index in [1.54, 1.807) is 11.3 Å². The molecule has 0 aliphatic carbocycles. The summed E-state index contributed by atoms with van der Waals surface area (Å²) in [6.45, 7) is 13.6. The largest absolute Gasteiger partial charge is 0.492 e. The zero-order valence-electron chi connectivity index (χ0n) is 19.3. The summed E-state index contributed by atoms with van der Waals surface area (Å²) in [5.74, 6) is 2.13. The first-order valence-corrected chi connectivity index (χ1v) is 12.0. The molecule has 178 valence electrons. The minimum atomic E-state index is 0. The van der Waals surface area contributed by atoms with Gasteiger partial charge in [0.05, 0.1) is 32.0 Å². The number of morpholine rings is 1. The number of guanidine groups is 1. The lowest BCUT2D eigenvalue weighted by Crippen LogP contribution is -2.38. The van der Waals surface area contributed by atoms with E-state index in [9.17, 15) is 0 Å². The maximum absolute atomic E-state index is 6.09. The van der Waals surface area contributed by atoms with Gasteiger partial charge in [-0.2, -0.15) is 0 Å². The average Bonchev–Trinajstić information content (AvgIpc) is 3.27. The molecular formula is C23H36IN5O2S. The summed E-state index contributed by atoms with van der Waals surface area (Å²) in [7, 11) is 0. The summed E-state index contributed by atoms with van der Waals surface area (Å²) >= 11 is 1.69. The molecule has 0 radical (unpaired) electrons. The van der Waals surface area contributed by atoms with Crippen LogP contribution in [0, 0.1) is 0 Å². The summed E-state index contributed by atoms with van der Waals surface area (Å²) in [6.07, 6.45) is 0. The van der Waals surface area contributed by atoms with Crippen molar-refractivity contribution in [3.05, 3.63) is 45.9 Å². The van der Waals surface area contributed by atoms with Gasteiger partial charge in [0.1, 0.15) is 17.4 Å². The number of thiazole rings is 1. The van der Waals surface area contributed by atoms with Gasteiger partial charge in [-0.1, -0.05) is 32.0 Å². The summed E-state index contributed by atoms with van der Waals surface area (Å²) in [5, 5.41) is 9.91. The van der Waals surface area contributed by atoms with Gasteiger partial charge in [0.2, 0.25) is 0 Å². The molecule has 1 aromatic heterocycles. The number of hydrogen-bond acceptors (Lipinski definition) is 6. The smallest absolute Gasteiger partial charge is 0.191 e. The van der Waals surface area contributed by atoms with Crippen molar-refractivity contribution in [1.29, 1.82) is 0 Å². The van der Waals surface area contributed by atoms with Crippen LogP contribution in [0.4, 0.5) is 0 Å². The molecular weight excluding hydrogens is 537 g/mol. The summed E-state index contributed by atoms with van der Waals surface area (Å²) in [4.78, 5) is 11.8. The molecule has 1 aliphatic heterocycles. The third kappa shape index (κ3) is 8.84. The van der Waals surface area contributed by atoms with Gasteiger partial charge < -0.3 is 20.1 Å². The molecule has 32 heavy (non-hydrogen) atoms. The second-order valence-electron chi connectivity index (χ2n) is 7.78. The number of rotatable bonds is 10. The van der Waals surface area contributed by atoms with Crippen LogP contribution in [0.5, 0.6) is 5.75 Å². The molecule has 1 saturated heterocycles. The van der Waals surface area contributed by atoms with Gasteiger partial charge in [-0.15, -0.1) is 35.3 Å². The van der Waals surface area contributed by atoms with Crippen LogP contribution in [0.1, 0.15) is 43.0 Å². The van der Waals surface area contributed by atoms with E-state index >= 15 is 0 Å². The molecule has 7 nitrogen and oxygen atoms in total. The molecule has 0 bridgehead atoms. The van der Waals surface area contributed by atoms with Crippen molar-refractivity contribution >= 4 is 41.3 Å². The number of aliphatic imine (C=N–C) groups is 1. The van der Waals surface area contributed by atoms with Crippen molar-refractivity contribution in [3.63, 3.8) is 0 Å². The lowest BCUT2D eigenvalue weighted by atomic mass is 10.2. The second kappa shape index (κ2) is 14.7. The SMILES string of the molecule is CCNC(=NCc1ccccc1OCCN1CCOCC1)NCc1nc(C(C)C)cs1.I. The van der Waals surface area contributed by atoms with E-state index in [4.69, 9.17) is 14.5 Å². The number of ether oxygens (including phenoxy) is 2. The first kappa shape index (κ1) is 26.8. The maximum Gasteiger partial charge on any atom is 0.191 e. The Morgan fingerprint density at radius 2 is 2.03 bits per heavy atom. The Kier molecular flexibility index (Phi) is 12.3. The van der Waals surface area contributed by atoms with Gasteiger partial charge in [0, 0.05) is 37.1 Å². The van der Waals surface area contributed by atoms with Crippen molar-refractivity contribution in [3.8, 4) is 5.75 Å². The van der Waals surface area contributed by atoms with Crippen LogP contribution in [0.25, 0.3) is 0 Å². The highest BCUT2D eigenvalue weighted by Crippen LogP contribution is 2.19. The highest BCUT2D eigenvalue weighted by atomic mass is 127. The maximum atomic E-state index is 6.09. The topological polar surface area (TPSA) is 71.0 Å². The van der Waals surface area contributed by atoms with E-state index in [-0.39, 0.29) is 24.0 Å². The molecule has 1 aliphatic rings. The molecule has 9 heteroatoms. The minimum absolute atomic E-state index is 0. The number of aromatic nitrogens is 1. The van der Waals surface area contributed by atoms with Crippen LogP contribution in [-0.4, -0.2) is 61.8 Å². The molecule has 3 rings (SSSR count). The third-order valence-corrected chi connectivity index (χ3v) is 5.93. The number of benzene rings is 1. The molecule has 1 fully saturated rings. The Balaban J connectivity index is 0.00000363. The van der Waals surface area contributed by atoms with E-state index in [1.165, 1.54) is 0 Å². The monoisotopic (exact) mass is 573 g/mol. The zero-order chi connectivity index (χ0) is 21.9. The van der Waals surface area contributed by atoms with Gasteiger partial charge in [0.25, 0.3) is 0 Å². The zero-order valence-corrected chi connectivity index (χ0v) is 22.4. The van der Waals surface area contributed by atoms with Gasteiger partial charge in [-0.25, -0.2) is 9.98 Å². The Hall–Kier alpha value is -1.43. The van der Waals surface area contributed by atoms with Crippen LogP contribution in [-0.2, 0) is 17.8 Å². The van der Waals surface area contributed by atoms with Crippen LogP contribution in [0.15, 0.2) is 34.6 Å². The summed E-state index contributed by atoms with van der Waals surface area (Å²) in [5.41, 5.74) is 2.23. The molecule has 2 N–H and O–H groups in total. The predicted octanol–water partition coefficient (Wildman–Crippen LogP) is 3.85. The standard InChI is InChI=1S/C23H35N5O2S.HI/c1-4-24-23(26-16-22-27-20(17-31-22)18(2)3)25-15-19-7-5-6-8-21(19)30-14-11-28-9-12-29-13-10-28;/h5-8,17-18H,4,9-16H2,1-3H3,(H2,24,25,26);1H. The van der Waals surface area contributed by atoms with E-state index < -0.39 is 0 Å². The van der Waals surface area contributed by atoms with Gasteiger partial charge in [-0.05, 0) is 18.9 Å². The molecule has 0 spiro atoms. The molecule has 0 atom stereocenters. The lowest BCUT2D eigenvalue weighted by Gasteiger charge is -2.26. The van der Waals surface area contributed by atoms with Crippen LogP contribution in [0.3, 0.4) is 0 Å². The van der Waals surface area contributed by atoms with E-state index in [0.717, 1.165) is 67.4 Å². The van der Waals surface area contributed by atoms with E-state index in [0.29, 0.717) is 25.6 Å². The fraction of sp³-hybridized carbons (Fsp3) is 0.565. The summed E-state index contributed by atoms with van der Waals surface area (Å²) < 4.78 is 11.5. The molecule has 2 heterocycles. The van der Waals surface area contributed by atoms with Crippen molar-refractivity contribution in [2.75, 3.05) is 46.0 Å². The number of para-hydroxylation sites is 1. The summed E-state index contributed by atoms with van der Waals surface area (Å²) in [6, 6.07) is 8.14. The second-order valence-corrected chi connectivity index (χ2v) is 8.72. The number of halogens is 1. The highest BCUT2D eigenvalue weighted by Gasteiger charge is 2.11. The number of nitrogens with zero attached hydrogens (tertiary/aromatic N) is 3. The van der Waals surface area contributed by atoms with E-state index in [1.807, 2.05) is 18.2 Å². The predicted molar refractivity (Wildman–Crippen MR) is 142 cm³/mol. The molecule has 1 aromatic carbocycles. The Labute approximate surface area is 213 Å². The highest BCUT2D eigenvalue weighted by molar-refractivity contribution is 14.0. The van der Waals surface area contributed by atoms with Gasteiger partial charge in [-0.3, -0.25) is 4.90 Å². The average molecular weight is 574 g/mol. The van der Waals surface area contributed by atoms with Crippen molar-refractivity contribution in [2.24, 2.45) is 4.99 Å². The minimum Gasteiger partial charge on any atom is -0.492 e. The molecule has 2 aromatic rings. The van der Waals surface area contributed by atoms with Crippen molar-refractivity contribution in [2.45, 2.75) is 39.8 Å². The normalized spacial score (nSPS) is 14.8. The Morgan fingerprint density at radius 1 is 1.25 bits per heavy atom. The first-order valence-electron chi connectivity index (χ1n) is 11.1. The number of hydrogen-bond donors (Lipinski definition) is 2. The van der Waals surface area contributed by atoms with Gasteiger partial charge in [0.15, 0.2) is 5.96 Å². The van der Waals surface area contributed by atoms with Crippen molar-refractivity contribution < 1.29 is 9.47 Å². The quantitative estimate of drug-likeness (QED) is 0.256. The van der Waals surface area contributed by atoms with Crippen LogP contribution < -0.4 is 15.4 Å². The fourth-order valence-corrected chi connectivity index (χ4v) is 4.12. The van der Waals surface area contributed by atoms with Crippen LogP contribution in [0.2, 0.25) is 0 Å². The number of nitrogens with one attached hydrogen (secondary N) is 2. The van der Waals surface area contributed by atoms with Crippen LogP contribution >= 0.6 is 35.3 Å².